The van der Waals surface area contributed by atoms with Crippen molar-refractivity contribution in [3.8, 4) is 5.75 Å². The van der Waals surface area contributed by atoms with Crippen molar-refractivity contribution in [2.75, 3.05) is 13.1 Å². The fourth-order valence-corrected chi connectivity index (χ4v) is 2.77. The molecule has 5 nitrogen and oxygen atoms in total. The van der Waals surface area contributed by atoms with Crippen molar-refractivity contribution in [2.45, 2.75) is 45.1 Å². The molecule has 0 bridgehead atoms. The van der Waals surface area contributed by atoms with Gasteiger partial charge >= 0.3 is 0 Å². The zero-order valence-electron chi connectivity index (χ0n) is 14.8. The van der Waals surface area contributed by atoms with Gasteiger partial charge in [-0.3, -0.25) is 4.79 Å². The fraction of sp³-hybridized carbons (Fsp3) is 0.474. The number of carbonyl (C=O) groups is 1. The summed E-state index contributed by atoms with van der Waals surface area (Å²) in [5, 5.41) is 3.92. The van der Waals surface area contributed by atoms with Crippen LogP contribution in [0.3, 0.4) is 0 Å². The van der Waals surface area contributed by atoms with Gasteiger partial charge < -0.3 is 14.2 Å². The summed E-state index contributed by atoms with van der Waals surface area (Å²) in [6, 6.07) is 7.73. The van der Waals surface area contributed by atoms with Gasteiger partial charge in [-0.25, -0.2) is 4.39 Å². The number of carbonyl (C=O) groups excluding carboxylic acids is 1. The summed E-state index contributed by atoms with van der Waals surface area (Å²) in [6.07, 6.45) is 1.48. The number of benzene rings is 1. The van der Waals surface area contributed by atoms with Gasteiger partial charge in [-0.15, -0.1) is 0 Å². The largest absolute Gasteiger partial charge is 0.490 e. The van der Waals surface area contributed by atoms with Crippen molar-refractivity contribution in [1.82, 2.24) is 10.1 Å². The molecule has 134 valence electrons. The van der Waals surface area contributed by atoms with Gasteiger partial charge in [-0.05, 0) is 24.3 Å². The van der Waals surface area contributed by atoms with E-state index in [0.29, 0.717) is 30.3 Å². The Kier molecular flexibility index (Phi) is 4.79. The van der Waals surface area contributed by atoms with Gasteiger partial charge in [-0.1, -0.05) is 25.9 Å². The van der Waals surface area contributed by atoms with E-state index in [2.05, 4.69) is 5.16 Å². The standard InChI is InChI=1S/C19H23FN2O3/c1-19(2,3)17-12-16(21-25-17)18(23)22-10-8-15(9-11-22)24-14-6-4-13(20)5-7-14/h4-7,12,15H,8-11H2,1-3H3. The minimum absolute atomic E-state index is 0.0250. The number of ether oxygens (including phenoxy) is 1. The SMILES string of the molecule is CC(C)(C)c1cc(C(=O)N2CCC(Oc3ccc(F)cc3)CC2)no1. The van der Waals surface area contributed by atoms with E-state index in [0.717, 1.165) is 12.8 Å². The molecule has 1 amide bonds. The third-order valence-corrected chi connectivity index (χ3v) is 4.31. The summed E-state index contributed by atoms with van der Waals surface area (Å²) < 4.78 is 24.1. The first-order valence-electron chi connectivity index (χ1n) is 8.51. The second kappa shape index (κ2) is 6.86. The maximum Gasteiger partial charge on any atom is 0.276 e. The Hall–Kier alpha value is -2.37. The van der Waals surface area contributed by atoms with Gasteiger partial charge in [0.05, 0.1) is 0 Å². The van der Waals surface area contributed by atoms with E-state index in [-0.39, 0.29) is 23.2 Å². The number of rotatable bonds is 3. The predicted molar refractivity (Wildman–Crippen MR) is 91.2 cm³/mol. The summed E-state index contributed by atoms with van der Waals surface area (Å²) in [7, 11) is 0. The van der Waals surface area contributed by atoms with Crippen LogP contribution in [0, 0.1) is 5.82 Å². The minimum atomic E-state index is -0.282. The van der Waals surface area contributed by atoms with Gasteiger partial charge in [0.2, 0.25) is 0 Å². The van der Waals surface area contributed by atoms with Gasteiger partial charge in [0, 0.05) is 37.4 Å². The molecule has 1 aromatic carbocycles. The Balaban J connectivity index is 1.55. The number of halogens is 1. The third kappa shape index (κ3) is 4.18. The molecule has 2 heterocycles. The molecule has 0 atom stereocenters. The first-order valence-corrected chi connectivity index (χ1v) is 8.51. The highest BCUT2D eigenvalue weighted by Crippen LogP contribution is 2.24. The van der Waals surface area contributed by atoms with E-state index in [1.165, 1.54) is 12.1 Å². The maximum atomic E-state index is 12.9. The highest BCUT2D eigenvalue weighted by molar-refractivity contribution is 5.92. The topological polar surface area (TPSA) is 55.6 Å². The van der Waals surface area contributed by atoms with Crippen molar-refractivity contribution in [2.24, 2.45) is 0 Å². The maximum absolute atomic E-state index is 12.9. The van der Waals surface area contributed by atoms with Crippen LogP contribution in [0.15, 0.2) is 34.9 Å². The first kappa shape index (κ1) is 17.5. The monoisotopic (exact) mass is 346 g/mol. The molecule has 0 saturated carbocycles. The number of piperidine rings is 1. The highest BCUT2D eigenvalue weighted by atomic mass is 19.1. The Morgan fingerprint density at radius 1 is 1.24 bits per heavy atom. The van der Waals surface area contributed by atoms with E-state index in [4.69, 9.17) is 9.26 Å². The van der Waals surface area contributed by atoms with Crippen LogP contribution >= 0.6 is 0 Å². The van der Waals surface area contributed by atoms with Gasteiger partial charge in [0.25, 0.3) is 5.91 Å². The van der Waals surface area contributed by atoms with Crippen molar-refractivity contribution >= 4 is 5.91 Å². The molecule has 0 unspecified atom stereocenters. The molecule has 1 aromatic heterocycles. The molecule has 1 fully saturated rings. The molecular formula is C19H23FN2O3. The molecule has 0 N–H and O–H groups in total. The van der Waals surface area contributed by atoms with Crippen LogP contribution in [0.5, 0.6) is 5.75 Å². The average Bonchev–Trinajstić information content (AvgIpc) is 3.07. The summed E-state index contributed by atoms with van der Waals surface area (Å²) in [5.41, 5.74) is 0.171. The molecule has 25 heavy (non-hydrogen) atoms. The summed E-state index contributed by atoms with van der Waals surface area (Å²) in [6.45, 7) is 7.24. The fourth-order valence-electron chi connectivity index (χ4n) is 2.77. The van der Waals surface area contributed by atoms with E-state index < -0.39 is 0 Å². The molecule has 6 heteroatoms. The van der Waals surface area contributed by atoms with Crippen LogP contribution in [0.2, 0.25) is 0 Å². The van der Waals surface area contributed by atoms with Crippen LogP contribution in [0.4, 0.5) is 4.39 Å². The second-order valence-corrected chi connectivity index (χ2v) is 7.39. The molecule has 0 spiro atoms. The molecule has 1 aliphatic rings. The summed E-state index contributed by atoms with van der Waals surface area (Å²) >= 11 is 0. The Morgan fingerprint density at radius 3 is 2.44 bits per heavy atom. The van der Waals surface area contributed by atoms with Crippen LogP contribution in [-0.4, -0.2) is 35.2 Å². The zero-order valence-corrected chi connectivity index (χ0v) is 14.8. The predicted octanol–water partition coefficient (Wildman–Crippen LogP) is 3.79. The molecule has 0 aliphatic carbocycles. The number of aromatic nitrogens is 1. The average molecular weight is 346 g/mol. The lowest BCUT2D eigenvalue weighted by molar-refractivity contribution is 0.0586. The summed E-state index contributed by atoms with van der Waals surface area (Å²) in [5.74, 6) is 0.956. The zero-order chi connectivity index (χ0) is 18.0. The minimum Gasteiger partial charge on any atom is -0.490 e. The second-order valence-electron chi connectivity index (χ2n) is 7.39. The molecule has 3 rings (SSSR count). The number of hydrogen-bond acceptors (Lipinski definition) is 4. The van der Waals surface area contributed by atoms with E-state index >= 15 is 0 Å². The number of hydrogen-bond donors (Lipinski definition) is 0. The van der Waals surface area contributed by atoms with Gasteiger partial charge in [0.15, 0.2) is 5.69 Å². The van der Waals surface area contributed by atoms with Crippen molar-refractivity contribution < 1.29 is 18.4 Å². The first-order chi connectivity index (χ1) is 11.8. The van der Waals surface area contributed by atoms with E-state index in [9.17, 15) is 9.18 Å². The Morgan fingerprint density at radius 2 is 1.88 bits per heavy atom. The molecule has 2 aromatic rings. The van der Waals surface area contributed by atoms with Crippen molar-refractivity contribution in [3.05, 3.63) is 47.6 Å². The molecule has 1 aliphatic heterocycles. The normalized spacial score (nSPS) is 16.1. The van der Waals surface area contributed by atoms with Crippen molar-refractivity contribution in [3.63, 3.8) is 0 Å². The number of amides is 1. The van der Waals surface area contributed by atoms with Crippen LogP contribution in [-0.2, 0) is 5.41 Å². The van der Waals surface area contributed by atoms with Crippen LogP contribution in [0.25, 0.3) is 0 Å². The van der Waals surface area contributed by atoms with Crippen LogP contribution in [0.1, 0.15) is 49.9 Å². The van der Waals surface area contributed by atoms with E-state index in [1.807, 2.05) is 20.8 Å². The highest BCUT2D eigenvalue weighted by Gasteiger charge is 2.28. The third-order valence-electron chi connectivity index (χ3n) is 4.31. The number of likely N-dealkylation sites (tertiary alicyclic amines) is 1. The molecule has 1 saturated heterocycles. The summed E-state index contributed by atoms with van der Waals surface area (Å²) in [4.78, 5) is 14.3. The molecular weight excluding hydrogens is 323 g/mol. The van der Waals surface area contributed by atoms with Crippen LogP contribution < -0.4 is 4.74 Å². The lowest BCUT2D eigenvalue weighted by atomic mass is 9.93. The lowest BCUT2D eigenvalue weighted by Gasteiger charge is -2.31. The van der Waals surface area contributed by atoms with Crippen molar-refractivity contribution in [1.29, 1.82) is 0 Å². The Labute approximate surface area is 146 Å². The Bertz CT molecular complexity index is 726. The van der Waals surface area contributed by atoms with Gasteiger partial charge in [-0.2, -0.15) is 0 Å². The smallest absolute Gasteiger partial charge is 0.276 e. The van der Waals surface area contributed by atoms with E-state index in [1.54, 1.807) is 23.1 Å². The number of nitrogens with zero attached hydrogens (tertiary/aromatic N) is 2. The molecule has 0 radical (unpaired) electrons. The lowest BCUT2D eigenvalue weighted by Crippen LogP contribution is -2.41. The van der Waals surface area contributed by atoms with Gasteiger partial charge in [0.1, 0.15) is 23.4 Å². The quantitative estimate of drug-likeness (QED) is 0.848.